The maximum Gasteiger partial charge on any atom is 0.0250 e. The molecule has 3 heteroatoms. The summed E-state index contributed by atoms with van der Waals surface area (Å²) in [4.78, 5) is 2.73. The average molecular weight is 351 g/mol. The first-order valence-electron chi connectivity index (χ1n) is 8.40. The van der Waals surface area contributed by atoms with Crippen LogP contribution >= 0.6 is 15.9 Å². The molecule has 1 aliphatic heterocycles. The van der Waals surface area contributed by atoms with Crippen molar-refractivity contribution in [2.24, 2.45) is 11.8 Å². The predicted octanol–water partition coefficient (Wildman–Crippen LogP) is 4.05. The highest BCUT2D eigenvalue weighted by Gasteiger charge is 2.38. The Morgan fingerprint density at radius 3 is 2.76 bits per heavy atom. The SMILES string of the molecule is CCC(C)C1CNC(C2CC2)CN1Cc1ccccc1Br. The molecule has 21 heavy (non-hydrogen) atoms. The number of rotatable bonds is 5. The number of hydrogen-bond acceptors (Lipinski definition) is 2. The zero-order valence-corrected chi connectivity index (χ0v) is 14.8. The summed E-state index contributed by atoms with van der Waals surface area (Å²) in [5.41, 5.74) is 1.42. The molecule has 3 unspecified atom stereocenters. The molecule has 1 saturated heterocycles. The van der Waals surface area contributed by atoms with Gasteiger partial charge in [-0.15, -0.1) is 0 Å². The Kier molecular flexibility index (Phi) is 5.03. The highest BCUT2D eigenvalue weighted by atomic mass is 79.9. The molecule has 1 N–H and O–H groups in total. The number of nitrogens with one attached hydrogen (secondary N) is 1. The standard InChI is InChI=1S/C18H27BrN2/c1-3-13(2)18-10-20-17(14-8-9-14)12-21(18)11-15-6-4-5-7-16(15)19/h4-7,13-14,17-18,20H,3,8-12H2,1-2H3. The molecule has 1 aliphatic carbocycles. The van der Waals surface area contributed by atoms with Crippen LogP contribution in [0.15, 0.2) is 28.7 Å². The number of halogens is 1. The van der Waals surface area contributed by atoms with Crippen LogP contribution in [0.4, 0.5) is 0 Å². The van der Waals surface area contributed by atoms with E-state index in [0.29, 0.717) is 12.1 Å². The van der Waals surface area contributed by atoms with Crippen molar-refractivity contribution in [1.29, 1.82) is 0 Å². The van der Waals surface area contributed by atoms with Crippen LogP contribution in [-0.2, 0) is 6.54 Å². The lowest BCUT2D eigenvalue weighted by Gasteiger charge is -2.43. The molecule has 1 aromatic rings. The summed E-state index contributed by atoms with van der Waals surface area (Å²) in [5.74, 6) is 1.68. The molecule has 0 aromatic heterocycles. The second kappa shape index (κ2) is 6.80. The summed E-state index contributed by atoms with van der Waals surface area (Å²) in [6.45, 7) is 8.15. The third-order valence-corrected chi connectivity index (χ3v) is 6.09. The summed E-state index contributed by atoms with van der Waals surface area (Å²) in [5, 5.41) is 3.82. The van der Waals surface area contributed by atoms with Gasteiger partial charge < -0.3 is 5.32 Å². The first-order chi connectivity index (χ1) is 10.2. The van der Waals surface area contributed by atoms with Gasteiger partial charge in [-0.05, 0) is 36.3 Å². The topological polar surface area (TPSA) is 15.3 Å². The lowest BCUT2D eigenvalue weighted by molar-refractivity contribution is 0.0785. The molecule has 116 valence electrons. The van der Waals surface area contributed by atoms with Crippen LogP contribution in [0.1, 0.15) is 38.7 Å². The predicted molar refractivity (Wildman–Crippen MR) is 92.3 cm³/mol. The summed E-state index contributed by atoms with van der Waals surface area (Å²) in [6.07, 6.45) is 4.11. The van der Waals surface area contributed by atoms with Crippen LogP contribution in [0.5, 0.6) is 0 Å². The van der Waals surface area contributed by atoms with Gasteiger partial charge in [0.15, 0.2) is 0 Å². The lowest BCUT2D eigenvalue weighted by Crippen LogP contribution is -2.58. The van der Waals surface area contributed by atoms with Crippen molar-refractivity contribution in [1.82, 2.24) is 10.2 Å². The van der Waals surface area contributed by atoms with E-state index in [9.17, 15) is 0 Å². The quantitative estimate of drug-likeness (QED) is 0.861. The summed E-state index contributed by atoms with van der Waals surface area (Å²) in [6, 6.07) is 10.0. The molecule has 2 nitrogen and oxygen atoms in total. The van der Waals surface area contributed by atoms with Crippen LogP contribution in [0.2, 0.25) is 0 Å². The minimum Gasteiger partial charge on any atom is -0.311 e. The maximum atomic E-state index is 3.82. The van der Waals surface area contributed by atoms with Crippen molar-refractivity contribution in [2.75, 3.05) is 13.1 Å². The number of piperazine rings is 1. The Labute approximate surface area is 137 Å². The van der Waals surface area contributed by atoms with Crippen LogP contribution in [-0.4, -0.2) is 30.1 Å². The van der Waals surface area contributed by atoms with E-state index in [-0.39, 0.29) is 0 Å². The Bertz CT molecular complexity index is 472. The molecule has 0 bridgehead atoms. The second-order valence-electron chi connectivity index (χ2n) is 6.83. The summed E-state index contributed by atoms with van der Waals surface area (Å²) in [7, 11) is 0. The zero-order valence-electron chi connectivity index (χ0n) is 13.2. The molecule has 2 fully saturated rings. The van der Waals surface area contributed by atoms with Gasteiger partial charge in [-0.1, -0.05) is 54.4 Å². The third kappa shape index (κ3) is 3.69. The fraction of sp³-hybridized carbons (Fsp3) is 0.667. The Morgan fingerprint density at radius 2 is 2.10 bits per heavy atom. The molecule has 0 amide bonds. The van der Waals surface area contributed by atoms with Gasteiger partial charge >= 0.3 is 0 Å². The lowest BCUT2D eigenvalue weighted by atomic mass is 9.93. The number of nitrogens with zero attached hydrogens (tertiary/aromatic N) is 1. The first kappa shape index (κ1) is 15.5. The minimum atomic E-state index is 0.664. The molecule has 1 heterocycles. The molecule has 1 saturated carbocycles. The normalized spacial score (nSPS) is 28.5. The molecular weight excluding hydrogens is 324 g/mol. The fourth-order valence-corrected chi connectivity index (χ4v) is 3.94. The molecular formula is C18H27BrN2. The van der Waals surface area contributed by atoms with E-state index in [1.165, 1.54) is 35.8 Å². The minimum absolute atomic E-state index is 0.664. The van der Waals surface area contributed by atoms with E-state index >= 15 is 0 Å². The molecule has 3 rings (SSSR count). The van der Waals surface area contributed by atoms with Crippen molar-refractivity contribution in [3.63, 3.8) is 0 Å². The Balaban J connectivity index is 1.74. The smallest absolute Gasteiger partial charge is 0.0250 e. The summed E-state index contributed by atoms with van der Waals surface area (Å²) < 4.78 is 1.24. The maximum absolute atomic E-state index is 3.82. The first-order valence-corrected chi connectivity index (χ1v) is 9.19. The van der Waals surface area contributed by atoms with Gasteiger partial charge in [-0.2, -0.15) is 0 Å². The van der Waals surface area contributed by atoms with E-state index in [1.54, 1.807) is 0 Å². The van der Waals surface area contributed by atoms with Gasteiger partial charge in [-0.25, -0.2) is 0 Å². The van der Waals surface area contributed by atoms with Crippen LogP contribution in [0, 0.1) is 11.8 Å². The monoisotopic (exact) mass is 350 g/mol. The van der Waals surface area contributed by atoms with Gasteiger partial charge in [0.2, 0.25) is 0 Å². The summed E-state index contributed by atoms with van der Waals surface area (Å²) >= 11 is 3.71. The van der Waals surface area contributed by atoms with Crippen molar-refractivity contribution in [2.45, 2.75) is 51.7 Å². The van der Waals surface area contributed by atoms with Gasteiger partial charge in [-0.3, -0.25) is 4.90 Å². The van der Waals surface area contributed by atoms with E-state index < -0.39 is 0 Å². The third-order valence-electron chi connectivity index (χ3n) is 5.31. The van der Waals surface area contributed by atoms with Gasteiger partial charge in [0.1, 0.15) is 0 Å². The number of hydrogen-bond donors (Lipinski definition) is 1. The van der Waals surface area contributed by atoms with Crippen LogP contribution < -0.4 is 5.32 Å². The molecule has 2 aliphatic rings. The largest absolute Gasteiger partial charge is 0.311 e. The molecule has 0 radical (unpaired) electrons. The highest BCUT2D eigenvalue weighted by Crippen LogP contribution is 2.35. The van der Waals surface area contributed by atoms with Crippen molar-refractivity contribution in [3.8, 4) is 0 Å². The fourth-order valence-electron chi connectivity index (χ4n) is 3.53. The molecule has 1 aromatic carbocycles. The van der Waals surface area contributed by atoms with Crippen molar-refractivity contribution < 1.29 is 0 Å². The van der Waals surface area contributed by atoms with E-state index in [2.05, 4.69) is 64.3 Å². The van der Waals surface area contributed by atoms with E-state index in [4.69, 9.17) is 0 Å². The number of benzene rings is 1. The van der Waals surface area contributed by atoms with Crippen molar-refractivity contribution >= 4 is 15.9 Å². The molecule has 0 spiro atoms. The van der Waals surface area contributed by atoms with Gasteiger partial charge in [0.25, 0.3) is 0 Å². The van der Waals surface area contributed by atoms with Crippen LogP contribution in [0.3, 0.4) is 0 Å². The van der Waals surface area contributed by atoms with Gasteiger partial charge in [0, 0.05) is 36.2 Å². The molecule has 3 atom stereocenters. The van der Waals surface area contributed by atoms with Gasteiger partial charge in [0.05, 0.1) is 0 Å². The average Bonchev–Trinajstić information content (AvgIpc) is 3.33. The Hall–Kier alpha value is -0.380. The zero-order chi connectivity index (χ0) is 14.8. The highest BCUT2D eigenvalue weighted by molar-refractivity contribution is 9.10. The van der Waals surface area contributed by atoms with Crippen molar-refractivity contribution in [3.05, 3.63) is 34.3 Å². The second-order valence-corrected chi connectivity index (χ2v) is 7.68. The van der Waals surface area contributed by atoms with E-state index in [0.717, 1.165) is 24.9 Å². The van der Waals surface area contributed by atoms with E-state index in [1.807, 2.05) is 0 Å². The van der Waals surface area contributed by atoms with Crippen LogP contribution in [0.25, 0.3) is 0 Å². The Morgan fingerprint density at radius 1 is 1.33 bits per heavy atom.